The fraction of sp³-hybridized carbons (Fsp3) is 0.417. The number of halogens is 1. The van der Waals surface area contributed by atoms with Crippen LogP contribution >= 0.6 is 27.7 Å². The lowest BCUT2D eigenvalue weighted by Crippen LogP contribution is -2.31. The first-order valence-corrected chi connectivity index (χ1v) is 7.54. The van der Waals surface area contributed by atoms with E-state index >= 15 is 0 Å². The average molecular weight is 317 g/mol. The quantitative estimate of drug-likeness (QED) is 0.875. The highest BCUT2D eigenvalue weighted by atomic mass is 79.9. The first kappa shape index (κ1) is 14.5. The molecule has 0 atom stereocenters. The maximum absolute atomic E-state index is 11.8. The summed E-state index contributed by atoms with van der Waals surface area (Å²) >= 11 is 5.18. The van der Waals surface area contributed by atoms with Gasteiger partial charge in [0.05, 0.1) is 12.2 Å². The number of hydrogen-bond donors (Lipinski definition) is 1. The van der Waals surface area contributed by atoms with Crippen LogP contribution in [0.1, 0.15) is 0 Å². The number of likely N-dealkylation sites (N-methyl/N-ethyl adjacent to an activating group) is 1. The average Bonchev–Trinajstić information content (AvgIpc) is 2.29. The van der Waals surface area contributed by atoms with Crippen LogP contribution in [-0.2, 0) is 4.79 Å². The fourth-order valence-corrected chi connectivity index (χ4v) is 2.20. The molecule has 0 aliphatic carbocycles. The van der Waals surface area contributed by atoms with E-state index in [1.165, 1.54) is 0 Å². The Kier molecular flexibility index (Phi) is 6.62. The van der Waals surface area contributed by atoms with Gasteiger partial charge in [-0.25, -0.2) is 0 Å². The number of hydrogen-bond acceptors (Lipinski definition) is 3. The number of amides is 1. The minimum Gasteiger partial charge on any atom is -0.324 e. The summed E-state index contributed by atoms with van der Waals surface area (Å²) in [4.78, 5) is 13.8. The van der Waals surface area contributed by atoms with Crippen LogP contribution in [0.2, 0.25) is 0 Å². The molecule has 1 aromatic carbocycles. The van der Waals surface area contributed by atoms with Gasteiger partial charge in [-0.1, -0.05) is 12.1 Å². The molecular formula is C12H17BrN2OS. The van der Waals surface area contributed by atoms with Crippen molar-refractivity contribution in [2.75, 3.05) is 37.5 Å². The van der Waals surface area contributed by atoms with Crippen molar-refractivity contribution >= 4 is 39.3 Å². The molecule has 17 heavy (non-hydrogen) atoms. The predicted octanol–water partition coefficient (Wildman–Crippen LogP) is 2.68. The van der Waals surface area contributed by atoms with Gasteiger partial charge in [-0.05, 0) is 41.4 Å². The molecule has 1 aromatic rings. The van der Waals surface area contributed by atoms with Crippen LogP contribution in [0.5, 0.6) is 0 Å². The second-order valence-electron chi connectivity index (χ2n) is 3.76. The summed E-state index contributed by atoms with van der Waals surface area (Å²) in [5.74, 6) is 1.05. The van der Waals surface area contributed by atoms with Crippen molar-refractivity contribution in [3.05, 3.63) is 28.7 Å². The highest BCUT2D eigenvalue weighted by molar-refractivity contribution is 9.10. The molecule has 3 nitrogen and oxygen atoms in total. The van der Waals surface area contributed by atoms with E-state index in [1.807, 2.05) is 36.2 Å². The third-order valence-electron chi connectivity index (χ3n) is 2.24. The monoisotopic (exact) mass is 316 g/mol. The van der Waals surface area contributed by atoms with Gasteiger partial charge in [0, 0.05) is 16.8 Å². The Morgan fingerprint density at radius 1 is 1.47 bits per heavy atom. The van der Waals surface area contributed by atoms with Crippen LogP contribution in [0.4, 0.5) is 5.69 Å². The SMILES string of the molecule is CSCCN(C)CC(=O)Nc1ccccc1Br. The van der Waals surface area contributed by atoms with E-state index in [9.17, 15) is 4.79 Å². The maximum Gasteiger partial charge on any atom is 0.238 e. The fourth-order valence-electron chi connectivity index (χ4n) is 1.32. The molecule has 1 rings (SSSR count). The highest BCUT2D eigenvalue weighted by Gasteiger charge is 2.07. The highest BCUT2D eigenvalue weighted by Crippen LogP contribution is 2.20. The molecule has 0 unspecified atom stereocenters. The first-order chi connectivity index (χ1) is 8.13. The minimum atomic E-state index is 0.0144. The van der Waals surface area contributed by atoms with Crippen LogP contribution in [0.25, 0.3) is 0 Å². The summed E-state index contributed by atoms with van der Waals surface area (Å²) in [6.07, 6.45) is 2.06. The number of carbonyl (C=O) groups excluding carboxylic acids is 1. The largest absolute Gasteiger partial charge is 0.324 e. The van der Waals surface area contributed by atoms with E-state index in [4.69, 9.17) is 0 Å². The van der Waals surface area contributed by atoms with Crippen molar-refractivity contribution in [2.45, 2.75) is 0 Å². The summed E-state index contributed by atoms with van der Waals surface area (Å²) in [6, 6.07) is 7.61. The van der Waals surface area contributed by atoms with Crippen LogP contribution < -0.4 is 5.32 Å². The topological polar surface area (TPSA) is 32.3 Å². The minimum absolute atomic E-state index is 0.0144. The smallest absolute Gasteiger partial charge is 0.238 e. The Bertz CT molecular complexity index is 373. The molecule has 1 amide bonds. The van der Waals surface area contributed by atoms with Crippen molar-refractivity contribution in [2.24, 2.45) is 0 Å². The maximum atomic E-state index is 11.8. The van der Waals surface area contributed by atoms with Crippen molar-refractivity contribution in [3.8, 4) is 0 Å². The lowest BCUT2D eigenvalue weighted by atomic mass is 10.3. The molecule has 0 spiro atoms. The van der Waals surface area contributed by atoms with Crippen molar-refractivity contribution in [1.82, 2.24) is 4.90 Å². The molecular weight excluding hydrogens is 300 g/mol. The van der Waals surface area contributed by atoms with Gasteiger partial charge in [0.1, 0.15) is 0 Å². The molecule has 0 aliphatic rings. The zero-order chi connectivity index (χ0) is 12.7. The number of rotatable bonds is 6. The molecule has 0 aromatic heterocycles. The summed E-state index contributed by atoms with van der Waals surface area (Å²) in [5.41, 5.74) is 0.816. The Morgan fingerprint density at radius 2 is 2.18 bits per heavy atom. The summed E-state index contributed by atoms with van der Waals surface area (Å²) in [7, 11) is 1.95. The van der Waals surface area contributed by atoms with Crippen molar-refractivity contribution in [1.29, 1.82) is 0 Å². The Labute approximate surface area is 115 Å². The molecule has 0 fully saturated rings. The van der Waals surface area contributed by atoms with E-state index in [1.54, 1.807) is 11.8 Å². The summed E-state index contributed by atoms with van der Waals surface area (Å²) in [6.45, 7) is 1.34. The van der Waals surface area contributed by atoms with Crippen molar-refractivity contribution < 1.29 is 4.79 Å². The third kappa shape index (κ3) is 5.57. The molecule has 0 saturated carbocycles. The first-order valence-electron chi connectivity index (χ1n) is 5.35. The van der Waals surface area contributed by atoms with Crippen LogP contribution in [0.3, 0.4) is 0 Å². The molecule has 0 heterocycles. The second kappa shape index (κ2) is 7.74. The molecule has 0 saturated heterocycles. The van der Waals surface area contributed by atoms with Gasteiger partial charge >= 0.3 is 0 Å². The van der Waals surface area contributed by atoms with Gasteiger partial charge < -0.3 is 5.32 Å². The number of nitrogens with zero attached hydrogens (tertiary/aromatic N) is 1. The number of carbonyl (C=O) groups is 1. The van der Waals surface area contributed by atoms with E-state index < -0.39 is 0 Å². The summed E-state index contributed by atoms with van der Waals surface area (Å²) < 4.78 is 0.903. The van der Waals surface area contributed by atoms with Gasteiger partial charge in [0.2, 0.25) is 5.91 Å². The molecule has 0 aliphatic heterocycles. The zero-order valence-corrected chi connectivity index (χ0v) is 12.5. The van der Waals surface area contributed by atoms with Gasteiger partial charge in [-0.15, -0.1) is 0 Å². The summed E-state index contributed by atoms with van der Waals surface area (Å²) in [5, 5.41) is 2.88. The van der Waals surface area contributed by atoms with E-state index in [-0.39, 0.29) is 5.91 Å². The van der Waals surface area contributed by atoms with Gasteiger partial charge in [0.25, 0.3) is 0 Å². The number of thioether (sulfide) groups is 1. The Morgan fingerprint density at radius 3 is 2.82 bits per heavy atom. The van der Waals surface area contributed by atoms with E-state index in [2.05, 4.69) is 27.5 Å². The van der Waals surface area contributed by atoms with E-state index in [0.29, 0.717) is 6.54 Å². The number of benzene rings is 1. The number of nitrogens with one attached hydrogen (secondary N) is 1. The zero-order valence-electron chi connectivity index (χ0n) is 10.1. The third-order valence-corrected chi connectivity index (χ3v) is 3.52. The molecule has 0 radical (unpaired) electrons. The lowest BCUT2D eigenvalue weighted by molar-refractivity contribution is -0.117. The van der Waals surface area contributed by atoms with E-state index in [0.717, 1.165) is 22.5 Å². The van der Waals surface area contributed by atoms with Crippen molar-refractivity contribution in [3.63, 3.8) is 0 Å². The number of anilines is 1. The Hall–Kier alpha value is -0.520. The standard InChI is InChI=1S/C12H17BrN2OS/c1-15(7-8-17-2)9-12(16)14-11-6-4-3-5-10(11)13/h3-6H,7-9H2,1-2H3,(H,14,16). The number of para-hydroxylation sites is 1. The molecule has 0 bridgehead atoms. The predicted molar refractivity (Wildman–Crippen MR) is 78.7 cm³/mol. The lowest BCUT2D eigenvalue weighted by Gasteiger charge is -2.15. The molecule has 5 heteroatoms. The van der Waals surface area contributed by atoms with Crippen LogP contribution in [-0.4, -0.2) is 43.0 Å². The Balaban J connectivity index is 2.42. The second-order valence-corrected chi connectivity index (χ2v) is 5.60. The van der Waals surface area contributed by atoms with Gasteiger partial charge in [-0.3, -0.25) is 9.69 Å². The molecule has 94 valence electrons. The van der Waals surface area contributed by atoms with Gasteiger partial charge in [0.15, 0.2) is 0 Å². The van der Waals surface area contributed by atoms with Crippen LogP contribution in [0, 0.1) is 0 Å². The van der Waals surface area contributed by atoms with Gasteiger partial charge in [-0.2, -0.15) is 11.8 Å². The van der Waals surface area contributed by atoms with Crippen LogP contribution in [0.15, 0.2) is 28.7 Å². The normalized spacial score (nSPS) is 10.6. The molecule has 1 N–H and O–H groups in total.